The molecule has 0 spiro atoms. The minimum Gasteiger partial charge on any atom is -0.357 e. The summed E-state index contributed by atoms with van der Waals surface area (Å²) in [6.07, 6.45) is 0. The van der Waals surface area contributed by atoms with Crippen LogP contribution in [0.25, 0.3) is 0 Å². The quantitative estimate of drug-likeness (QED) is 0.273. The number of rotatable bonds is 7. The number of hydrogen-bond acceptors (Lipinski definition) is 3. The molecule has 146 valence electrons. The number of aliphatic imine (C=N–C) groups is 1. The topological polar surface area (TPSA) is 94.6 Å². The van der Waals surface area contributed by atoms with Crippen LogP contribution >= 0.6 is 24.0 Å². The molecule has 0 radical (unpaired) electrons. The van der Waals surface area contributed by atoms with E-state index < -0.39 is 0 Å². The fraction of sp³-hybridized carbons (Fsp3) is 0.500. The zero-order valence-electron chi connectivity index (χ0n) is 15.9. The van der Waals surface area contributed by atoms with Crippen molar-refractivity contribution in [3.05, 3.63) is 35.9 Å². The number of guanidine groups is 1. The van der Waals surface area contributed by atoms with Crippen LogP contribution < -0.4 is 21.3 Å². The van der Waals surface area contributed by atoms with Gasteiger partial charge in [0.05, 0.1) is 6.54 Å². The molecule has 0 bridgehead atoms. The first kappa shape index (κ1) is 24.2. The second-order valence-electron chi connectivity index (χ2n) is 6.61. The monoisotopic (exact) mass is 475 g/mol. The molecule has 26 heavy (non-hydrogen) atoms. The van der Waals surface area contributed by atoms with Gasteiger partial charge in [0.25, 0.3) is 0 Å². The highest BCUT2D eigenvalue weighted by Crippen LogP contribution is 1.98. The van der Waals surface area contributed by atoms with E-state index in [9.17, 15) is 9.59 Å². The molecule has 1 aromatic carbocycles. The number of nitrogens with one attached hydrogen (secondary N) is 4. The fourth-order valence-corrected chi connectivity index (χ4v) is 1.97. The molecular formula is C18H30IN5O2. The van der Waals surface area contributed by atoms with Gasteiger partial charge in [0.2, 0.25) is 11.8 Å². The predicted molar refractivity (Wildman–Crippen MR) is 116 cm³/mol. The van der Waals surface area contributed by atoms with Crippen LogP contribution in [0.5, 0.6) is 0 Å². The first-order valence-electron chi connectivity index (χ1n) is 8.44. The van der Waals surface area contributed by atoms with Gasteiger partial charge in [-0.1, -0.05) is 30.3 Å². The van der Waals surface area contributed by atoms with E-state index in [-0.39, 0.29) is 54.4 Å². The number of benzene rings is 1. The van der Waals surface area contributed by atoms with Gasteiger partial charge in [0, 0.05) is 18.6 Å². The molecule has 0 heterocycles. The van der Waals surface area contributed by atoms with Gasteiger partial charge < -0.3 is 21.3 Å². The maximum atomic E-state index is 11.9. The van der Waals surface area contributed by atoms with Gasteiger partial charge >= 0.3 is 0 Å². The zero-order valence-corrected chi connectivity index (χ0v) is 18.2. The van der Waals surface area contributed by atoms with Crippen LogP contribution in [-0.4, -0.2) is 42.9 Å². The minimum absolute atomic E-state index is 0. The van der Waals surface area contributed by atoms with Gasteiger partial charge in [-0.2, -0.15) is 0 Å². The number of nitrogens with zero attached hydrogens (tertiary/aromatic N) is 1. The average Bonchev–Trinajstić information content (AvgIpc) is 2.55. The standard InChI is InChI=1S/C18H29N5O2.HI/c1-5-19-17(22-13-16(25)23-18(2,3)4)21-12-15(24)20-11-14-9-7-6-8-10-14;/h6-10H,5,11-13H2,1-4H3,(H,20,24)(H,23,25)(H2,19,21,22);1H. The third-order valence-corrected chi connectivity index (χ3v) is 2.99. The van der Waals surface area contributed by atoms with E-state index in [4.69, 9.17) is 0 Å². The molecule has 2 amide bonds. The molecule has 0 saturated carbocycles. The Balaban J connectivity index is 0.00000625. The molecule has 0 unspecified atom stereocenters. The van der Waals surface area contributed by atoms with Crippen molar-refractivity contribution in [2.45, 2.75) is 39.8 Å². The molecule has 1 aromatic rings. The number of hydrogen-bond donors (Lipinski definition) is 4. The summed E-state index contributed by atoms with van der Waals surface area (Å²) in [6.45, 7) is 8.85. The molecule has 0 atom stereocenters. The number of amides is 2. The highest BCUT2D eigenvalue weighted by molar-refractivity contribution is 14.0. The number of halogens is 1. The first-order chi connectivity index (χ1) is 11.8. The SMILES string of the molecule is CCNC(=NCC(=O)NC(C)(C)C)NCC(=O)NCc1ccccc1.I. The summed E-state index contributed by atoms with van der Waals surface area (Å²) in [5.74, 6) is 0.119. The van der Waals surface area contributed by atoms with E-state index in [2.05, 4.69) is 26.3 Å². The Morgan fingerprint density at radius 1 is 1.00 bits per heavy atom. The fourth-order valence-electron chi connectivity index (χ4n) is 1.97. The van der Waals surface area contributed by atoms with Gasteiger partial charge in [-0.25, -0.2) is 4.99 Å². The Hall–Kier alpha value is -1.84. The van der Waals surface area contributed by atoms with Crippen molar-refractivity contribution < 1.29 is 9.59 Å². The van der Waals surface area contributed by atoms with Crippen molar-refractivity contribution in [3.8, 4) is 0 Å². The lowest BCUT2D eigenvalue weighted by atomic mass is 10.1. The Labute approximate surface area is 172 Å². The minimum atomic E-state index is -0.296. The molecule has 7 nitrogen and oxygen atoms in total. The van der Waals surface area contributed by atoms with Gasteiger partial charge in [-0.3, -0.25) is 9.59 Å². The van der Waals surface area contributed by atoms with Crippen LogP contribution in [0.2, 0.25) is 0 Å². The van der Waals surface area contributed by atoms with Crippen LogP contribution in [0.4, 0.5) is 0 Å². The van der Waals surface area contributed by atoms with Crippen LogP contribution in [0.3, 0.4) is 0 Å². The van der Waals surface area contributed by atoms with Gasteiger partial charge in [-0.05, 0) is 33.3 Å². The summed E-state index contributed by atoms with van der Waals surface area (Å²) in [5, 5.41) is 11.6. The number of carbonyl (C=O) groups excluding carboxylic acids is 2. The zero-order chi connectivity index (χ0) is 18.7. The molecule has 8 heteroatoms. The Bertz CT molecular complexity index is 585. The summed E-state index contributed by atoms with van der Waals surface area (Å²) < 4.78 is 0. The third-order valence-electron chi connectivity index (χ3n) is 2.99. The molecule has 1 rings (SSSR count). The molecule has 0 aromatic heterocycles. The van der Waals surface area contributed by atoms with Crippen LogP contribution in [-0.2, 0) is 16.1 Å². The van der Waals surface area contributed by atoms with Crippen molar-refractivity contribution in [3.63, 3.8) is 0 Å². The van der Waals surface area contributed by atoms with Gasteiger partial charge in [0.1, 0.15) is 6.54 Å². The lowest BCUT2D eigenvalue weighted by molar-refractivity contribution is -0.121. The second kappa shape index (κ2) is 12.5. The van der Waals surface area contributed by atoms with E-state index in [1.165, 1.54) is 0 Å². The van der Waals surface area contributed by atoms with Crippen molar-refractivity contribution in [1.29, 1.82) is 0 Å². The molecule has 0 aliphatic rings. The van der Waals surface area contributed by atoms with Crippen molar-refractivity contribution in [2.75, 3.05) is 19.6 Å². The van der Waals surface area contributed by atoms with E-state index >= 15 is 0 Å². The molecule has 0 saturated heterocycles. The van der Waals surface area contributed by atoms with E-state index in [0.717, 1.165) is 5.56 Å². The molecule has 4 N–H and O–H groups in total. The lowest BCUT2D eigenvalue weighted by Gasteiger charge is -2.20. The molecular weight excluding hydrogens is 445 g/mol. The Morgan fingerprint density at radius 3 is 2.23 bits per heavy atom. The summed E-state index contributed by atoms with van der Waals surface area (Å²) in [6, 6.07) is 9.69. The largest absolute Gasteiger partial charge is 0.357 e. The Kier molecular flexibility index (Phi) is 11.6. The highest BCUT2D eigenvalue weighted by atomic mass is 127. The van der Waals surface area contributed by atoms with E-state index in [0.29, 0.717) is 19.0 Å². The summed E-state index contributed by atoms with van der Waals surface area (Å²) in [7, 11) is 0. The van der Waals surface area contributed by atoms with Gasteiger partial charge in [-0.15, -0.1) is 24.0 Å². The molecule has 0 aliphatic carbocycles. The summed E-state index contributed by atoms with van der Waals surface area (Å²) >= 11 is 0. The van der Waals surface area contributed by atoms with Crippen LogP contribution in [0, 0.1) is 0 Å². The van der Waals surface area contributed by atoms with Crippen LogP contribution in [0.15, 0.2) is 35.3 Å². The van der Waals surface area contributed by atoms with E-state index in [1.807, 2.05) is 58.0 Å². The highest BCUT2D eigenvalue weighted by Gasteiger charge is 2.13. The second-order valence-corrected chi connectivity index (χ2v) is 6.61. The number of carbonyl (C=O) groups is 2. The third kappa shape index (κ3) is 11.7. The molecule has 0 aliphatic heterocycles. The van der Waals surface area contributed by atoms with Crippen LogP contribution in [0.1, 0.15) is 33.3 Å². The lowest BCUT2D eigenvalue weighted by Crippen LogP contribution is -2.45. The first-order valence-corrected chi connectivity index (χ1v) is 8.44. The van der Waals surface area contributed by atoms with Crippen molar-refractivity contribution in [2.24, 2.45) is 4.99 Å². The summed E-state index contributed by atoms with van der Waals surface area (Å²) in [5.41, 5.74) is 0.741. The van der Waals surface area contributed by atoms with Crippen molar-refractivity contribution in [1.82, 2.24) is 21.3 Å². The predicted octanol–water partition coefficient (Wildman–Crippen LogP) is 1.39. The normalized spacial score (nSPS) is 11.2. The smallest absolute Gasteiger partial charge is 0.242 e. The van der Waals surface area contributed by atoms with Crippen molar-refractivity contribution >= 4 is 41.8 Å². The summed E-state index contributed by atoms with van der Waals surface area (Å²) in [4.78, 5) is 27.9. The van der Waals surface area contributed by atoms with Gasteiger partial charge in [0.15, 0.2) is 5.96 Å². The van der Waals surface area contributed by atoms with E-state index in [1.54, 1.807) is 0 Å². The Morgan fingerprint density at radius 2 is 1.65 bits per heavy atom. The maximum absolute atomic E-state index is 11.9. The maximum Gasteiger partial charge on any atom is 0.242 e. The average molecular weight is 475 g/mol. The molecule has 0 fully saturated rings.